The summed E-state index contributed by atoms with van der Waals surface area (Å²) in [5.74, 6) is 0.913. The van der Waals surface area contributed by atoms with Crippen LogP contribution < -0.4 is 0 Å². The van der Waals surface area contributed by atoms with Crippen molar-refractivity contribution in [2.24, 2.45) is 0 Å². The summed E-state index contributed by atoms with van der Waals surface area (Å²) in [6.45, 7) is 3.08. The molecule has 104 valence electrons. The van der Waals surface area contributed by atoms with Crippen molar-refractivity contribution >= 4 is 17.1 Å². The number of carbonyl (C=O) groups is 1. The van der Waals surface area contributed by atoms with E-state index >= 15 is 0 Å². The number of carbonyl (C=O) groups excluding carboxylic acids is 1. The van der Waals surface area contributed by atoms with Crippen molar-refractivity contribution in [3.63, 3.8) is 0 Å². The molecular formula is C17H19NOS. The number of likely N-dealkylation sites (tertiary alicyclic amines) is 1. The van der Waals surface area contributed by atoms with Crippen LogP contribution >= 0.6 is 11.3 Å². The van der Waals surface area contributed by atoms with E-state index in [-0.39, 0.29) is 5.78 Å². The number of rotatable bonds is 5. The number of benzene rings is 1. The molecule has 0 radical (unpaired) electrons. The molecule has 0 spiro atoms. The Morgan fingerprint density at radius 1 is 1.20 bits per heavy atom. The fourth-order valence-corrected chi connectivity index (χ4v) is 3.55. The van der Waals surface area contributed by atoms with Gasteiger partial charge in [-0.25, -0.2) is 0 Å². The summed E-state index contributed by atoms with van der Waals surface area (Å²) in [5.41, 5.74) is 1.43. The van der Waals surface area contributed by atoms with E-state index < -0.39 is 0 Å². The molecule has 2 nitrogen and oxygen atoms in total. The molecule has 0 saturated carbocycles. The van der Waals surface area contributed by atoms with Crippen molar-refractivity contribution in [1.82, 2.24) is 4.90 Å². The molecule has 0 aliphatic carbocycles. The van der Waals surface area contributed by atoms with Gasteiger partial charge in [-0.05, 0) is 35.9 Å². The Balaban J connectivity index is 1.50. The summed E-state index contributed by atoms with van der Waals surface area (Å²) in [5, 5.41) is 1.97. The number of nitrogens with zero attached hydrogens (tertiary/aromatic N) is 1. The predicted molar refractivity (Wildman–Crippen MR) is 83.5 cm³/mol. The van der Waals surface area contributed by atoms with Crippen molar-refractivity contribution in [3.05, 3.63) is 58.3 Å². The van der Waals surface area contributed by atoms with Crippen molar-refractivity contribution in [2.75, 3.05) is 19.6 Å². The summed E-state index contributed by atoms with van der Waals surface area (Å²) < 4.78 is 0. The first-order chi connectivity index (χ1) is 9.83. The summed E-state index contributed by atoms with van der Waals surface area (Å²) in [4.78, 5) is 15.3. The highest BCUT2D eigenvalue weighted by molar-refractivity contribution is 7.12. The maximum atomic E-state index is 12.0. The number of Topliss-reactive ketones (excluding diaryl/α,β-unsaturated/α-hetero) is 1. The Bertz CT molecular complexity index is 550. The topological polar surface area (TPSA) is 20.3 Å². The van der Waals surface area contributed by atoms with Gasteiger partial charge in [0.1, 0.15) is 0 Å². The molecule has 1 aliphatic heterocycles. The van der Waals surface area contributed by atoms with Gasteiger partial charge in [0.25, 0.3) is 0 Å². The number of ketones is 1. The highest BCUT2D eigenvalue weighted by atomic mass is 32.1. The number of hydrogen-bond donors (Lipinski definition) is 0. The third-order valence-corrected chi connectivity index (χ3v) is 4.91. The molecule has 3 heteroatoms. The first-order valence-electron chi connectivity index (χ1n) is 7.17. The third-order valence-electron chi connectivity index (χ3n) is 3.99. The van der Waals surface area contributed by atoms with Gasteiger partial charge >= 0.3 is 0 Å². The van der Waals surface area contributed by atoms with E-state index in [0.717, 1.165) is 24.5 Å². The second-order valence-electron chi connectivity index (χ2n) is 5.35. The molecule has 0 N–H and O–H groups in total. The van der Waals surface area contributed by atoms with E-state index in [0.29, 0.717) is 12.3 Å². The maximum absolute atomic E-state index is 12.0. The van der Waals surface area contributed by atoms with Gasteiger partial charge in [0, 0.05) is 19.5 Å². The fourth-order valence-electron chi connectivity index (χ4n) is 2.85. The number of hydrogen-bond acceptors (Lipinski definition) is 3. The van der Waals surface area contributed by atoms with Crippen molar-refractivity contribution in [2.45, 2.75) is 18.8 Å². The molecule has 0 bridgehead atoms. The lowest BCUT2D eigenvalue weighted by molar-refractivity contribution is 0.0972. The molecular weight excluding hydrogens is 266 g/mol. The van der Waals surface area contributed by atoms with Crippen molar-refractivity contribution < 1.29 is 4.79 Å². The molecule has 1 aromatic carbocycles. The lowest BCUT2D eigenvalue weighted by Gasteiger charge is -2.15. The first kappa shape index (κ1) is 13.5. The normalized spacial score (nSPS) is 19.3. The molecule has 2 heterocycles. The van der Waals surface area contributed by atoms with E-state index in [1.54, 1.807) is 11.3 Å². The van der Waals surface area contributed by atoms with Crippen LogP contribution in [-0.2, 0) is 0 Å². The minimum Gasteiger partial charge on any atom is -0.302 e. The van der Waals surface area contributed by atoms with E-state index in [1.165, 1.54) is 12.0 Å². The van der Waals surface area contributed by atoms with Crippen molar-refractivity contribution in [1.29, 1.82) is 0 Å². The van der Waals surface area contributed by atoms with Gasteiger partial charge in [0.05, 0.1) is 4.88 Å². The Hall–Kier alpha value is -1.45. The molecule has 1 fully saturated rings. The second kappa shape index (κ2) is 6.33. The molecule has 20 heavy (non-hydrogen) atoms. The summed E-state index contributed by atoms with van der Waals surface area (Å²) >= 11 is 1.54. The summed E-state index contributed by atoms with van der Waals surface area (Å²) in [6.07, 6.45) is 1.85. The number of thiophene rings is 1. The molecule has 0 amide bonds. The van der Waals surface area contributed by atoms with Gasteiger partial charge in [0.2, 0.25) is 0 Å². The van der Waals surface area contributed by atoms with Gasteiger partial charge in [-0.2, -0.15) is 0 Å². The second-order valence-corrected chi connectivity index (χ2v) is 6.30. The average Bonchev–Trinajstić information content (AvgIpc) is 3.17. The molecule has 3 rings (SSSR count). The van der Waals surface area contributed by atoms with E-state index in [4.69, 9.17) is 0 Å². The average molecular weight is 285 g/mol. The Morgan fingerprint density at radius 3 is 2.80 bits per heavy atom. The van der Waals surface area contributed by atoms with Gasteiger partial charge < -0.3 is 4.90 Å². The van der Waals surface area contributed by atoms with Crippen LogP contribution in [0.4, 0.5) is 0 Å². The van der Waals surface area contributed by atoms with Crippen LogP contribution in [0.5, 0.6) is 0 Å². The maximum Gasteiger partial charge on any atom is 0.174 e. The van der Waals surface area contributed by atoms with Crippen LogP contribution in [0.25, 0.3) is 0 Å². The predicted octanol–water partition coefficient (Wildman–Crippen LogP) is 3.81. The van der Waals surface area contributed by atoms with Gasteiger partial charge in [-0.15, -0.1) is 11.3 Å². The quantitative estimate of drug-likeness (QED) is 0.779. The van der Waals surface area contributed by atoms with Gasteiger partial charge in [-0.3, -0.25) is 4.79 Å². The summed E-state index contributed by atoms with van der Waals surface area (Å²) in [6, 6.07) is 14.6. The molecule has 1 aliphatic rings. The zero-order valence-corrected chi connectivity index (χ0v) is 12.3. The zero-order chi connectivity index (χ0) is 13.8. The minimum atomic E-state index is 0.281. The minimum absolute atomic E-state index is 0.281. The zero-order valence-electron chi connectivity index (χ0n) is 11.5. The van der Waals surface area contributed by atoms with Crippen LogP contribution in [0, 0.1) is 0 Å². The Labute approximate surface area is 124 Å². The van der Waals surface area contributed by atoms with E-state index in [9.17, 15) is 4.79 Å². The van der Waals surface area contributed by atoms with Crippen LogP contribution in [0.15, 0.2) is 47.8 Å². The van der Waals surface area contributed by atoms with Crippen LogP contribution in [-0.4, -0.2) is 30.3 Å². The molecule has 1 atom stereocenters. The monoisotopic (exact) mass is 285 g/mol. The molecule has 1 saturated heterocycles. The lowest BCUT2D eigenvalue weighted by atomic mass is 9.99. The largest absolute Gasteiger partial charge is 0.302 e. The van der Waals surface area contributed by atoms with Crippen LogP contribution in [0.3, 0.4) is 0 Å². The standard InChI is InChI=1S/C17H19NOS/c19-16(17-7-4-12-20-17)9-11-18-10-8-15(13-18)14-5-2-1-3-6-14/h1-7,12,15H,8-11,13H2/t15-/m1/s1. The Kier molecular flexibility index (Phi) is 4.28. The molecule has 1 aromatic heterocycles. The van der Waals surface area contributed by atoms with E-state index in [2.05, 4.69) is 35.2 Å². The van der Waals surface area contributed by atoms with Crippen molar-refractivity contribution in [3.8, 4) is 0 Å². The molecule has 2 aromatic rings. The summed E-state index contributed by atoms with van der Waals surface area (Å²) in [7, 11) is 0. The van der Waals surface area contributed by atoms with E-state index in [1.807, 2.05) is 17.5 Å². The third kappa shape index (κ3) is 3.17. The van der Waals surface area contributed by atoms with Crippen LogP contribution in [0.2, 0.25) is 0 Å². The Morgan fingerprint density at radius 2 is 2.05 bits per heavy atom. The fraction of sp³-hybridized carbons (Fsp3) is 0.353. The first-order valence-corrected chi connectivity index (χ1v) is 8.05. The molecule has 0 unspecified atom stereocenters. The van der Waals surface area contributed by atoms with Gasteiger partial charge in [0.15, 0.2) is 5.78 Å². The lowest BCUT2D eigenvalue weighted by Crippen LogP contribution is -2.23. The van der Waals surface area contributed by atoms with Gasteiger partial charge in [-0.1, -0.05) is 36.4 Å². The SMILES string of the molecule is O=C(CCN1CC[C@@H](c2ccccc2)C1)c1cccs1. The van der Waals surface area contributed by atoms with Crippen LogP contribution in [0.1, 0.15) is 34.0 Å². The highest BCUT2D eigenvalue weighted by Crippen LogP contribution is 2.27. The highest BCUT2D eigenvalue weighted by Gasteiger charge is 2.23. The smallest absolute Gasteiger partial charge is 0.174 e.